The van der Waals surface area contributed by atoms with Gasteiger partial charge in [0.25, 0.3) is 5.56 Å². The second-order valence-corrected chi connectivity index (χ2v) is 5.13. The highest BCUT2D eigenvalue weighted by molar-refractivity contribution is 5.86. The lowest BCUT2D eigenvalue weighted by molar-refractivity contribution is 0.737. The van der Waals surface area contributed by atoms with Crippen molar-refractivity contribution in [3.63, 3.8) is 0 Å². The summed E-state index contributed by atoms with van der Waals surface area (Å²) < 4.78 is 0. The van der Waals surface area contributed by atoms with E-state index in [0.29, 0.717) is 5.39 Å². The Bertz CT molecular complexity index is 765. The normalized spacial score (nSPS) is 15.2. The van der Waals surface area contributed by atoms with Crippen LogP contribution in [0.4, 0.5) is 0 Å². The van der Waals surface area contributed by atoms with Crippen LogP contribution in [0.3, 0.4) is 0 Å². The van der Waals surface area contributed by atoms with E-state index in [0.717, 1.165) is 42.0 Å². The number of fused-ring (bicyclic) bond motifs is 1. The number of hydrogen-bond donors (Lipinski definition) is 1. The van der Waals surface area contributed by atoms with Crippen LogP contribution in [0.1, 0.15) is 23.5 Å². The molecular formula is C16H17N3O. The molecule has 0 amide bonds. The number of nitrogens with one attached hydrogen (secondary N) is 1. The van der Waals surface area contributed by atoms with E-state index in [-0.39, 0.29) is 5.56 Å². The van der Waals surface area contributed by atoms with Gasteiger partial charge in [0, 0.05) is 12.2 Å². The summed E-state index contributed by atoms with van der Waals surface area (Å²) in [5.74, 6) is 0. The first-order valence-corrected chi connectivity index (χ1v) is 6.84. The molecule has 4 nitrogen and oxygen atoms in total. The van der Waals surface area contributed by atoms with Crippen LogP contribution >= 0.6 is 0 Å². The average molecular weight is 267 g/mol. The summed E-state index contributed by atoms with van der Waals surface area (Å²) in [5, 5.41) is 4.83. The van der Waals surface area contributed by atoms with Crippen LogP contribution in [0.15, 0.2) is 29.1 Å². The molecule has 2 aromatic rings. The maximum absolute atomic E-state index is 12.1. The molecule has 1 aliphatic rings. The fraction of sp³-hybridized carbons (Fsp3) is 0.312. The summed E-state index contributed by atoms with van der Waals surface area (Å²) in [4.78, 5) is 20.8. The Kier molecular flexibility index (Phi) is 3.32. The fourth-order valence-corrected chi connectivity index (χ4v) is 2.59. The van der Waals surface area contributed by atoms with Gasteiger partial charge in [-0.25, -0.2) is 4.98 Å². The van der Waals surface area contributed by atoms with Crippen molar-refractivity contribution in [2.24, 2.45) is 0 Å². The summed E-state index contributed by atoms with van der Waals surface area (Å²) in [6, 6.07) is 5.84. The van der Waals surface area contributed by atoms with Gasteiger partial charge in [0.15, 0.2) is 0 Å². The number of pyridine rings is 1. The van der Waals surface area contributed by atoms with Crippen LogP contribution in [0.25, 0.3) is 16.3 Å². The Morgan fingerprint density at radius 1 is 1.20 bits per heavy atom. The minimum absolute atomic E-state index is 0.196. The quantitative estimate of drug-likeness (QED) is 0.858. The Morgan fingerprint density at radius 2 is 2.05 bits per heavy atom. The van der Waals surface area contributed by atoms with Crippen LogP contribution in [0.2, 0.25) is 0 Å². The zero-order valence-corrected chi connectivity index (χ0v) is 11.7. The number of hydrogen-bond acceptors (Lipinski definition) is 4. The Balaban J connectivity index is 2.27. The second-order valence-electron chi connectivity index (χ2n) is 5.13. The highest BCUT2D eigenvalue weighted by Gasteiger charge is 2.11. The predicted octanol–water partition coefficient (Wildman–Crippen LogP) is 1.98. The topological polar surface area (TPSA) is 54.9 Å². The summed E-state index contributed by atoms with van der Waals surface area (Å²) in [5.41, 5.74) is 3.51. The number of aryl methyl sites for hydroxylation is 2. The van der Waals surface area contributed by atoms with Gasteiger partial charge in [0.05, 0.1) is 16.8 Å². The SMILES string of the molecule is Cc1ccc2cc(C3=CCNCC3)nc(C)c2c(=O)n1. The number of nitrogens with zero attached hydrogens (tertiary/aromatic N) is 2. The van der Waals surface area contributed by atoms with Gasteiger partial charge in [0.2, 0.25) is 0 Å². The van der Waals surface area contributed by atoms with Crippen molar-refractivity contribution in [1.29, 1.82) is 0 Å². The van der Waals surface area contributed by atoms with Gasteiger partial charge in [-0.2, -0.15) is 0 Å². The Morgan fingerprint density at radius 3 is 2.80 bits per heavy atom. The average Bonchev–Trinajstić information content (AvgIpc) is 2.59. The van der Waals surface area contributed by atoms with Gasteiger partial charge in [-0.15, -0.1) is 0 Å². The van der Waals surface area contributed by atoms with Gasteiger partial charge < -0.3 is 5.32 Å². The molecule has 1 aliphatic heterocycles. The predicted molar refractivity (Wildman–Crippen MR) is 80.7 cm³/mol. The van der Waals surface area contributed by atoms with Crippen molar-refractivity contribution < 1.29 is 0 Å². The van der Waals surface area contributed by atoms with E-state index in [2.05, 4.69) is 21.4 Å². The number of aromatic nitrogens is 2. The third-order valence-corrected chi connectivity index (χ3v) is 3.62. The lowest BCUT2D eigenvalue weighted by Crippen LogP contribution is -2.20. The minimum atomic E-state index is -0.196. The first kappa shape index (κ1) is 12.9. The molecule has 0 radical (unpaired) electrons. The van der Waals surface area contributed by atoms with Crippen molar-refractivity contribution in [2.45, 2.75) is 20.3 Å². The molecule has 0 aliphatic carbocycles. The highest BCUT2D eigenvalue weighted by atomic mass is 16.1. The van der Waals surface area contributed by atoms with Crippen molar-refractivity contribution in [1.82, 2.24) is 15.3 Å². The smallest absolute Gasteiger partial charge is 0.279 e. The zero-order valence-electron chi connectivity index (χ0n) is 11.7. The minimum Gasteiger partial charge on any atom is -0.313 e. The van der Waals surface area contributed by atoms with Gasteiger partial charge in [-0.3, -0.25) is 9.78 Å². The summed E-state index contributed by atoms with van der Waals surface area (Å²) >= 11 is 0. The Labute approximate surface area is 117 Å². The lowest BCUT2D eigenvalue weighted by Gasteiger charge is -2.14. The first-order valence-electron chi connectivity index (χ1n) is 6.84. The van der Waals surface area contributed by atoms with E-state index in [9.17, 15) is 4.79 Å². The summed E-state index contributed by atoms with van der Waals surface area (Å²) in [7, 11) is 0. The van der Waals surface area contributed by atoms with Crippen LogP contribution in [0, 0.1) is 13.8 Å². The standard InChI is InChI=1S/C16H17N3O/c1-10-3-4-13-9-14(12-5-7-17-8-6-12)19-11(2)15(13)16(20)18-10/h3-5,9,17H,6-8H2,1-2H3. The molecule has 3 heterocycles. The van der Waals surface area contributed by atoms with Gasteiger partial charge >= 0.3 is 0 Å². The van der Waals surface area contributed by atoms with Crippen LogP contribution in [-0.2, 0) is 0 Å². The molecule has 0 fully saturated rings. The zero-order chi connectivity index (χ0) is 14.1. The van der Waals surface area contributed by atoms with E-state index in [1.54, 1.807) is 0 Å². The molecule has 3 rings (SSSR count). The van der Waals surface area contributed by atoms with Crippen molar-refractivity contribution in [3.05, 3.63) is 51.7 Å². The van der Waals surface area contributed by atoms with E-state index < -0.39 is 0 Å². The maximum atomic E-state index is 12.1. The molecule has 2 aromatic heterocycles. The van der Waals surface area contributed by atoms with Crippen LogP contribution in [0.5, 0.6) is 0 Å². The molecular weight excluding hydrogens is 250 g/mol. The van der Waals surface area contributed by atoms with E-state index in [1.807, 2.05) is 32.0 Å². The molecule has 0 unspecified atom stereocenters. The van der Waals surface area contributed by atoms with Crippen molar-refractivity contribution in [2.75, 3.05) is 13.1 Å². The molecule has 0 bridgehead atoms. The van der Waals surface area contributed by atoms with E-state index >= 15 is 0 Å². The van der Waals surface area contributed by atoms with E-state index in [4.69, 9.17) is 0 Å². The molecule has 0 saturated carbocycles. The third kappa shape index (κ3) is 2.34. The molecule has 0 atom stereocenters. The Hall–Kier alpha value is -2.07. The summed E-state index contributed by atoms with van der Waals surface area (Å²) in [6.45, 7) is 5.57. The molecule has 0 saturated heterocycles. The largest absolute Gasteiger partial charge is 0.313 e. The van der Waals surface area contributed by atoms with E-state index in [1.165, 1.54) is 5.57 Å². The summed E-state index contributed by atoms with van der Waals surface area (Å²) in [6.07, 6.45) is 3.14. The molecule has 0 spiro atoms. The van der Waals surface area contributed by atoms with Gasteiger partial charge in [0.1, 0.15) is 0 Å². The molecule has 1 N–H and O–H groups in total. The molecule has 20 heavy (non-hydrogen) atoms. The lowest BCUT2D eigenvalue weighted by atomic mass is 10.0. The third-order valence-electron chi connectivity index (χ3n) is 3.62. The van der Waals surface area contributed by atoms with Crippen LogP contribution in [-0.4, -0.2) is 23.1 Å². The highest BCUT2D eigenvalue weighted by Crippen LogP contribution is 2.22. The van der Waals surface area contributed by atoms with Crippen molar-refractivity contribution in [3.8, 4) is 0 Å². The first-order chi connectivity index (χ1) is 9.65. The maximum Gasteiger partial charge on any atom is 0.279 e. The molecule has 102 valence electrons. The second kappa shape index (κ2) is 5.13. The fourth-order valence-electron chi connectivity index (χ4n) is 2.59. The molecule has 4 heteroatoms. The van der Waals surface area contributed by atoms with Crippen LogP contribution < -0.4 is 10.9 Å². The van der Waals surface area contributed by atoms with Gasteiger partial charge in [-0.05, 0) is 49.9 Å². The monoisotopic (exact) mass is 267 g/mol. The number of rotatable bonds is 1. The van der Waals surface area contributed by atoms with Gasteiger partial charge in [-0.1, -0.05) is 12.1 Å². The van der Waals surface area contributed by atoms with Crippen molar-refractivity contribution >= 4 is 16.3 Å². The molecule has 0 aromatic carbocycles.